The molecule has 0 aliphatic heterocycles. The maximum Gasteiger partial charge on any atom is 0.272 e. The molecule has 1 heterocycles. The summed E-state index contributed by atoms with van der Waals surface area (Å²) >= 11 is 6.00. The van der Waals surface area contributed by atoms with E-state index in [9.17, 15) is 14.0 Å². The molecule has 0 fully saturated rings. The molecule has 0 unspecified atom stereocenters. The Kier molecular flexibility index (Phi) is 4.81. The van der Waals surface area contributed by atoms with E-state index in [1.165, 1.54) is 17.0 Å². The van der Waals surface area contributed by atoms with Crippen LogP contribution < -0.4 is 5.56 Å². The summed E-state index contributed by atoms with van der Waals surface area (Å²) in [5.41, 5.74) is 0.421. The minimum atomic E-state index is -0.459. The van der Waals surface area contributed by atoms with Gasteiger partial charge >= 0.3 is 0 Å². The molecule has 128 valence electrons. The van der Waals surface area contributed by atoms with Gasteiger partial charge in [0.2, 0.25) is 5.91 Å². The van der Waals surface area contributed by atoms with Crippen LogP contribution in [0.1, 0.15) is 11.3 Å². The summed E-state index contributed by atoms with van der Waals surface area (Å²) in [5.74, 6) is -0.719. The lowest BCUT2D eigenvalue weighted by molar-refractivity contribution is -0.129. The summed E-state index contributed by atoms with van der Waals surface area (Å²) in [4.78, 5) is 25.7. The van der Waals surface area contributed by atoms with Crippen LogP contribution in [-0.2, 0) is 17.8 Å². The Morgan fingerprint density at radius 2 is 1.92 bits per heavy atom. The van der Waals surface area contributed by atoms with Crippen LogP contribution in [0.5, 0.6) is 0 Å². The third-order valence-corrected chi connectivity index (χ3v) is 4.33. The monoisotopic (exact) mass is 359 g/mol. The highest BCUT2D eigenvalue weighted by Gasteiger charge is 2.17. The van der Waals surface area contributed by atoms with Crippen molar-refractivity contribution in [2.24, 2.45) is 0 Å². The molecule has 0 bridgehead atoms. The van der Waals surface area contributed by atoms with Gasteiger partial charge in [-0.25, -0.2) is 9.49 Å². The van der Waals surface area contributed by atoms with E-state index in [-0.39, 0.29) is 35.0 Å². The number of likely N-dealkylation sites (N-methyl/N-ethyl adjacent to an activating group) is 1. The highest BCUT2D eigenvalue weighted by Crippen LogP contribution is 2.21. The maximum atomic E-state index is 13.9. The smallest absolute Gasteiger partial charge is 0.272 e. The average Bonchev–Trinajstić information content (AvgIpc) is 2.60. The van der Waals surface area contributed by atoms with Gasteiger partial charge in [0, 0.05) is 29.6 Å². The van der Waals surface area contributed by atoms with Gasteiger partial charge in [0.05, 0.1) is 17.5 Å². The quantitative estimate of drug-likeness (QED) is 0.779. The Hall–Kier alpha value is -2.73. The Labute approximate surface area is 148 Å². The summed E-state index contributed by atoms with van der Waals surface area (Å²) < 4.78 is 13.9. The average molecular weight is 360 g/mol. The van der Waals surface area contributed by atoms with Crippen LogP contribution in [0.25, 0.3) is 10.8 Å². The van der Waals surface area contributed by atoms with Crippen molar-refractivity contribution >= 4 is 28.3 Å². The number of carbonyl (C=O) groups excluding carboxylic acids is 1. The van der Waals surface area contributed by atoms with Gasteiger partial charge in [-0.3, -0.25) is 9.59 Å². The molecule has 25 heavy (non-hydrogen) atoms. The zero-order valence-electron chi connectivity index (χ0n) is 13.4. The number of H-pyrrole nitrogens is 1. The zero-order valence-corrected chi connectivity index (χ0v) is 14.2. The Morgan fingerprint density at radius 1 is 1.20 bits per heavy atom. The van der Waals surface area contributed by atoms with Crippen LogP contribution in [0.3, 0.4) is 0 Å². The molecular weight excluding hydrogens is 345 g/mol. The van der Waals surface area contributed by atoms with Crippen molar-refractivity contribution in [1.29, 1.82) is 0 Å². The van der Waals surface area contributed by atoms with E-state index in [1.54, 1.807) is 37.4 Å². The molecule has 0 saturated heterocycles. The van der Waals surface area contributed by atoms with Crippen LogP contribution in [-0.4, -0.2) is 28.1 Å². The largest absolute Gasteiger partial charge is 0.341 e. The fourth-order valence-electron chi connectivity index (χ4n) is 2.59. The van der Waals surface area contributed by atoms with Crippen molar-refractivity contribution in [3.8, 4) is 0 Å². The number of fused-ring (bicyclic) bond motifs is 1. The summed E-state index contributed by atoms with van der Waals surface area (Å²) in [5, 5.41) is 7.75. The van der Waals surface area contributed by atoms with E-state index in [1.807, 2.05) is 0 Å². The fraction of sp³-hybridized carbons (Fsp3) is 0.167. The van der Waals surface area contributed by atoms with Crippen molar-refractivity contribution < 1.29 is 9.18 Å². The third kappa shape index (κ3) is 3.53. The molecule has 2 aromatic carbocycles. The van der Waals surface area contributed by atoms with E-state index >= 15 is 0 Å². The number of halogens is 2. The number of rotatable bonds is 4. The van der Waals surface area contributed by atoms with E-state index in [4.69, 9.17) is 11.6 Å². The number of aromatic amines is 1. The molecule has 1 N–H and O–H groups in total. The second-order valence-corrected chi connectivity index (χ2v) is 6.08. The Bertz CT molecular complexity index is 983. The highest BCUT2D eigenvalue weighted by atomic mass is 35.5. The second-order valence-electron chi connectivity index (χ2n) is 5.67. The summed E-state index contributed by atoms with van der Waals surface area (Å²) in [6.07, 6.45) is -0.0140. The van der Waals surface area contributed by atoms with Gasteiger partial charge in [-0.15, -0.1) is 0 Å². The molecule has 0 radical (unpaired) electrons. The lowest BCUT2D eigenvalue weighted by Crippen LogP contribution is -2.29. The van der Waals surface area contributed by atoms with Gasteiger partial charge in [-0.2, -0.15) is 5.10 Å². The highest BCUT2D eigenvalue weighted by molar-refractivity contribution is 6.31. The summed E-state index contributed by atoms with van der Waals surface area (Å²) in [7, 11) is 1.57. The van der Waals surface area contributed by atoms with Gasteiger partial charge in [-0.1, -0.05) is 35.9 Å². The molecule has 0 atom stereocenters. The van der Waals surface area contributed by atoms with Crippen LogP contribution in [0.15, 0.2) is 47.3 Å². The number of carbonyl (C=O) groups is 1. The number of aromatic nitrogens is 2. The summed E-state index contributed by atoms with van der Waals surface area (Å²) in [6.45, 7) is 0.0472. The van der Waals surface area contributed by atoms with E-state index in [0.29, 0.717) is 16.5 Å². The number of nitrogens with one attached hydrogen (secondary N) is 1. The van der Waals surface area contributed by atoms with Gasteiger partial charge in [-0.05, 0) is 18.2 Å². The predicted molar refractivity (Wildman–Crippen MR) is 94.0 cm³/mol. The fourth-order valence-corrected chi connectivity index (χ4v) is 2.82. The molecule has 5 nitrogen and oxygen atoms in total. The molecule has 3 rings (SSSR count). The molecule has 1 aromatic heterocycles. The Morgan fingerprint density at radius 3 is 2.64 bits per heavy atom. The topological polar surface area (TPSA) is 66.1 Å². The van der Waals surface area contributed by atoms with Crippen LogP contribution >= 0.6 is 11.6 Å². The number of nitrogens with zero attached hydrogens (tertiary/aromatic N) is 2. The number of amides is 1. The standard InChI is InChI=1S/C18H15ClFN3O2/c1-23(10-13-14(19)7-4-8-15(13)20)17(24)9-16-11-5-2-3-6-12(11)18(25)22-21-16/h2-8H,9-10H2,1H3,(H,22,25). The normalized spacial score (nSPS) is 10.8. The number of hydrogen-bond donors (Lipinski definition) is 1. The van der Waals surface area contributed by atoms with Crippen molar-refractivity contribution in [1.82, 2.24) is 15.1 Å². The lowest BCUT2D eigenvalue weighted by atomic mass is 10.1. The van der Waals surface area contributed by atoms with E-state index in [2.05, 4.69) is 10.2 Å². The molecule has 0 spiro atoms. The third-order valence-electron chi connectivity index (χ3n) is 3.98. The van der Waals surface area contributed by atoms with Gasteiger partial charge in [0.15, 0.2) is 0 Å². The SMILES string of the molecule is CN(Cc1c(F)cccc1Cl)C(=O)Cc1n[nH]c(=O)c2ccccc12. The van der Waals surface area contributed by atoms with Crippen LogP contribution in [0, 0.1) is 5.82 Å². The molecule has 0 aliphatic rings. The van der Waals surface area contributed by atoms with Crippen LogP contribution in [0.2, 0.25) is 5.02 Å². The van der Waals surface area contributed by atoms with Crippen molar-refractivity contribution in [3.05, 3.63) is 74.9 Å². The molecule has 0 saturated carbocycles. The first-order chi connectivity index (χ1) is 12.0. The van der Waals surface area contributed by atoms with Crippen molar-refractivity contribution in [2.45, 2.75) is 13.0 Å². The van der Waals surface area contributed by atoms with E-state index in [0.717, 1.165) is 0 Å². The second kappa shape index (κ2) is 7.03. The van der Waals surface area contributed by atoms with Crippen molar-refractivity contribution in [3.63, 3.8) is 0 Å². The van der Waals surface area contributed by atoms with Gasteiger partial charge < -0.3 is 4.90 Å². The van der Waals surface area contributed by atoms with Crippen LogP contribution in [0.4, 0.5) is 4.39 Å². The van der Waals surface area contributed by atoms with Gasteiger partial charge in [0.1, 0.15) is 5.82 Å². The molecule has 7 heteroatoms. The molecule has 0 aliphatic carbocycles. The predicted octanol–water partition coefficient (Wildman–Crippen LogP) is 2.92. The van der Waals surface area contributed by atoms with Gasteiger partial charge in [0.25, 0.3) is 5.56 Å². The molecule has 1 amide bonds. The minimum Gasteiger partial charge on any atom is -0.341 e. The Balaban J connectivity index is 1.83. The van der Waals surface area contributed by atoms with Crippen molar-refractivity contribution in [2.75, 3.05) is 7.05 Å². The molecular formula is C18H15ClFN3O2. The number of benzene rings is 2. The zero-order chi connectivity index (χ0) is 18.0. The maximum absolute atomic E-state index is 13.9. The number of hydrogen-bond acceptors (Lipinski definition) is 3. The first-order valence-electron chi connectivity index (χ1n) is 7.60. The summed E-state index contributed by atoms with van der Waals surface area (Å²) in [6, 6.07) is 11.3. The van der Waals surface area contributed by atoms with E-state index < -0.39 is 5.82 Å². The molecule has 3 aromatic rings. The lowest BCUT2D eigenvalue weighted by Gasteiger charge is -2.18. The minimum absolute atomic E-state index is 0.0140. The first kappa shape index (κ1) is 17.1. The first-order valence-corrected chi connectivity index (χ1v) is 7.98.